The van der Waals surface area contributed by atoms with Gasteiger partial charge in [-0.05, 0) is 26.3 Å². The van der Waals surface area contributed by atoms with Crippen molar-refractivity contribution in [2.45, 2.75) is 31.2 Å². The van der Waals surface area contributed by atoms with Crippen molar-refractivity contribution in [3.63, 3.8) is 0 Å². The molecular weight excluding hydrogens is 228 g/mol. The number of nitrogens with two attached hydrogens (primary N) is 1. The highest BCUT2D eigenvalue weighted by atomic mass is 32.2. The van der Waals surface area contributed by atoms with E-state index in [0.29, 0.717) is 24.6 Å². The number of sulfonamides is 1. The molecule has 6 heteroatoms. The summed E-state index contributed by atoms with van der Waals surface area (Å²) in [7, 11) is -3.42. The Morgan fingerprint density at radius 1 is 1.50 bits per heavy atom. The summed E-state index contributed by atoms with van der Waals surface area (Å²) in [6.07, 6.45) is 0.717. The lowest BCUT2D eigenvalue weighted by atomic mass is 10.3. The molecule has 2 rings (SSSR count). The lowest BCUT2D eigenvalue weighted by molar-refractivity contribution is 0.464. The first kappa shape index (κ1) is 11.6. The molecule has 0 aliphatic carbocycles. The zero-order valence-electron chi connectivity index (χ0n) is 9.43. The molecule has 0 aromatic carbocycles. The molecule has 0 spiro atoms. The predicted octanol–water partition coefficient (Wildman–Crippen LogP) is 0.618. The first-order valence-electron chi connectivity index (χ1n) is 5.24. The fourth-order valence-electron chi connectivity index (χ4n) is 1.97. The average molecular weight is 244 g/mol. The summed E-state index contributed by atoms with van der Waals surface area (Å²) < 4.78 is 31.1. The molecule has 16 heavy (non-hydrogen) atoms. The van der Waals surface area contributed by atoms with Crippen LogP contribution in [0.4, 0.5) is 0 Å². The standard InChI is InChI=1S/C10H16N2O3S/c1-7-5-10(8(2)15-7)16(13,14)12-4-3-9(11)6-12/h5,9H,3-4,6,11H2,1-2H3/t9-/m1/s1. The number of hydrogen-bond donors (Lipinski definition) is 1. The maximum absolute atomic E-state index is 12.2. The van der Waals surface area contributed by atoms with Gasteiger partial charge in [-0.3, -0.25) is 0 Å². The molecule has 1 aromatic rings. The second-order valence-electron chi connectivity index (χ2n) is 4.19. The Hall–Kier alpha value is -0.850. The van der Waals surface area contributed by atoms with E-state index in [4.69, 9.17) is 10.2 Å². The minimum atomic E-state index is -3.42. The number of hydrogen-bond acceptors (Lipinski definition) is 4. The monoisotopic (exact) mass is 244 g/mol. The van der Waals surface area contributed by atoms with Gasteiger partial charge in [-0.1, -0.05) is 0 Å². The van der Waals surface area contributed by atoms with E-state index in [1.54, 1.807) is 19.9 Å². The van der Waals surface area contributed by atoms with Gasteiger partial charge in [-0.25, -0.2) is 8.42 Å². The molecule has 1 aromatic heterocycles. The van der Waals surface area contributed by atoms with Gasteiger partial charge >= 0.3 is 0 Å². The summed E-state index contributed by atoms with van der Waals surface area (Å²) in [5.74, 6) is 1.05. The van der Waals surface area contributed by atoms with Crippen LogP contribution in [0.15, 0.2) is 15.4 Å². The molecular formula is C10H16N2O3S. The first-order valence-corrected chi connectivity index (χ1v) is 6.68. The molecule has 2 heterocycles. The van der Waals surface area contributed by atoms with Crippen LogP contribution in [0, 0.1) is 13.8 Å². The lowest BCUT2D eigenvalue weighted by Gasteiger charge is -2.14. The van der Waals surface area contributed by atoms with E-state index < -0.39 is 10.0 Å². The van der Waals surface area contributed by atoms with Crippen molar-refractivity contribution in [3.05, 3.63) is 17.6 Å². The van der Waals surface area contributed by atoms with Crippen molar-refractivity contribution in [1.82, 2.24) is 4.31 Å². The first-order chi connectivity index (χ1) is 7.41. The Kier molecular flexibility index (Phi) is 2.81. The van der Waals surface area contributed by atoms with Gasteiger partial charge in [0.2, 0.25) is 10.0 Å². The van der Waals surface area contributed by atoms with Gasteiger partial charge in [0.25, 0.3) is 0 Å². The highest BCUT2D eigenvalue weighted by Crippen LogP contribution is 2.25. The number of aryl methyl sites for hydroxylation is 2. The minimum absolute atomic E-state index is 0.0527. The smallest absolute Gasteiger partial charge is 0.246 e. The second kappa shape index (κ2) is 3.87. The van der Waals surface area contributed by atoms with Gasteiger partial charge < -0.3 is 10.2 Å². The zero-order chi connectivity index (χ0) is 11.9. The molecule has 1 aliphatic heterocycles. The van der Waals surface area contributed by atoms with Crippen LogP contribution in [0.2, 0.25) is 0 Å². The normalized spacial score (nSPS) is 22.8. The molecule has 0 saturated carbocycles. The van der Waals surface area contributed by atoms with E-state index in [1.807, 2.05) is 0 Å². The van der Waals surface area contributed by atoms with Crippen LogP contribution >= 0.6 is 0 Å². The molecule has 5 nitrogen and oxygen atoms in total. The Bertz CT molecular complexity index is 492. The van der Waals surface area contributed by atoms with Gasteiger partial charge in [-0.15, -0.1) is 0 Å². The summed E-state index contributed by atoms with van der Waals surface area (Å²) in [5.41, 5.74) is 5.71. The zero-order valence-corrected chi connectivity index (χ0v) is 10.3. The van der Waals surface area contributed by atoms with Crippen molar-refractivity contribution in [3.8, 4) is 0 Å². The van der Waals surface area contributed by atoms with Crippen LogP contribution in [0.3, 0.4) is 0 Å². The van der Waals surface area contributed by atoms with Crippen LogP contribution in [-0.2, 0) is 10.0 Å². The molecule has 90 valence electrons. The largest absolute Gasteiger partial charge is 0.465 e. The fourth-order valence-corrected chi connectivity index (χ4v) is 3.71. The maximum atomic E-state index is 12.2. The highest BCUT2D eigenvalue weighted by molar-refractivity contribution is 7.89. The van der Waals surface area contributed by atoms with Gasteiger partial charge in [0.05, 0.1) is 0 Å². The number of furan rings is 1. The van der Waals surface area contributed by atoms with E-state index in [0.717, 1.165) is 6.42 Å². The molecule has 1 fully saturated rings. The Labute approximate surface area is 95.3 Å². The molecule has 2 N–H and O–H groups in total. The van der Waals surface area contributed by atoms with Crippen molar-refractivity contribution in [1.29, 1.82) is 0 Å². The lowest BCUT2D eigenvalue weighted by Crippen LogP contribution is -2.32. The van der Waals surface area contributed by atoms with E-state index in [-0.39, 0.29) is 10.9 Å². The minimum Gasteiger partial charge on any atom is -0.465 e. The summed E-state index contributed by atoms with van der Waals surface area (Å²) in [5, 5.41) is 0. The van der Waals surface area contributed by atoms with Crippen molar-refractivity contribution < 1.29 is 12.8 Å². The van der Waals surface area contributed by atoms with Crippen molar-refractivity contribution in [2.75, 3.05) is 13.1 Å². The van der Waals surface area contributed by atoms with Crippen LogP contribution in [0.1, 0.15) is 17.9 Å². The quantitative estimate of drug-likeness (QED) is 0.827. The average Bonchev–Trinajstić information content (AvgIpc) is 2.73. The summed E-state index contributed by atoms with van der Waals surface area (Å²) in [6.45, 7) is 4.29. The van der Waals surface area contributed by atoms with Crippen LogP contribution in [0.5, 0.6) is 0 Å². The van der Waals surface area contributed by atoms with Crippen molar-refractivity contribution in [2.24, 2.45) is 5.73 Å². The fraction of sp³-hybridized carbons (Fsp3) is 0.600. The SMILES string of the molecule is Cc1cc(S(=O)(=O)N2CC[C@@H](N)C2)c(C)o1. The summed E-state index contributed by atoms with van der Waals surface area (Å²) in [4.78, 5) is 0.263. The number of rotatable bonds is 2. The van der Waals surface area contributed by atoms with Crippen LogP contribution in [0.25, 0.3) is 0 Å². The third-order valence-corrected chi connectivity index (χ3v) is 4.77. The third kappa shape index (κ3) is 1.88. The van der Waals surface area contributed by atoms with Crippen LogP contribution in [-0.4, -0.2) is 31.9 Å². The predicted molar refractivity (Wildman–Crippen MR) is 59.5 cm³/mol. The van der Waals surface area contributed by atoms with E-state index in [1.165, 1.54) is 4.31 Å². The molecule has 0 amide bonds. The summed E-state index contributed by atoms with van der Waals surface area (Å²) >= 11 is 0. The second-order valence-corrected chi connectivity index (χ2v) is 6.10. The Morgan fingerprint density at radius 2 is 2.19 bits per heavy atom. The third-order valence-electron chi connectivity index (χ3n) is 2.80. The summed E-state index contributed by atoms with van der Waals surface area (Å²) in [6, 6.07) is 1.51. The van der Waals surface area contributed by atoms with Crippen LogP contribution < -0.4 is 5.73 Å². The molecule has 0 radical (unpaired) electrons. The molecule has 1 saturated heterocycles. The molecule has 0 bridgehead atoms. The van der Waals surface area contributed by atoms with Gasteiger partial charge in [-0.2, -0.15) is 4.31 Å². The van der Waals surface area contributed by atoms with Gasteiger partial charge in [0.1, 0.15) is 16.4 Å². The Morgan fingerprint density at radius 3 is 2.62 bits per heavy atom. The van der Waals surface area contributed by atoms with E-state index in [2.05, 4.69) is 0 Å². The molecule has 1 aliphatic rings. The highest BCUT2D eigenvalue weighted by Gasteiger charge is 2.33. The maximum Gasteiger partial charge on any atom is 0.246 e. The Balaban J connectivity index is 2.36. The van der Waals surface area contributed by atoms with E-state index in [9.17, 15) is 8.42 Å². The number of nitrogens with zero attached hydrogens (tertiary/aromatic N) is 1. The topological polar surface area (TPSA) is 76.5 Å². The van der Waals surface area contributed by atoms with E-state index >= 15 is 0 Å². The van der Waals surface area contributed by atoms with Gasteiger partial charge in [0, 0.05) is 19.1 Å². The molecule has 0 unspecified atom stereocenters. The van der Waals surface area contributed by atoms with Gasteiger partial charge in [0.15, 0.2) is 0 Å². The van der Waals surface area contributed by atoms with Crippen molar-refractivity contribution >= 4 is 10.0 Å². The molecule has 1 atom stereocenters.